The zero-order valence-electron chi connectivity index (χ0n) is 30.8. The van der Waals surface area contributed by atoms with E-state index in [9.17, 15) is 0 Å². The molecule has 0 unspecified atom stereocenters. The highest BCUT2D eigenvalue weighted by Crippen LogP contribution is 2.45. The number of anilines is 3. The molecule has 0 radical (unpaired) electrons. The summed E-state index contributed by atoms with van der Waals surface area (Å²) in [5, 5.41) is 4.41. The van der Waals surface area contributed by atoms with Crippen molar-refractivity contribution in [1.82, 2.24) is 4.98 Å². The highest BCUT2D eigenvalue weighted by molar-refractivity contribution is 6.19. The Kier molecular flexibility index (Phi) is 7.78. The summed E-state index contributed by atoms with van der Waals surface area (Å²) < 4.78 is 12.9. The third-order valence-corrected chi connectivity index (χ3v) is 10.9. The number of aromatic nitrogens is 1. The Morgan fingerprint density at radius 2 is 0.912 bits per heavy atom. The van der Waals surface area contributed by atoms with Gasteiger partial charge in [0.2, 0.25) is 5.89 Å². The third kappa shape index (κ3) is 5.74. The molecule has 0 aliphatic rings. The first-order valence-electron chi connectivity index (χ1n) is 19.2. The topological polar surface area (TPSA) is 42.4 Å². The Bertz CT molecular complexity index is 3200. The summed E-state index contributed by atoms with van der Waals surface area (Å²) in [6, 6.07) is 72.4. The van der Waals surface area contributed by atoms with Crippen LogP contribution in [0, 0.1) is 0 Å². The van der Waals surface area contributed by atoms with Gasteiger partial charge in [-0.25, -0.2) is 4.98 Å². The van der Waals surface area contributed by atoms with E-state index in [1.165, 1.54) is 27.5 Å². The van der Waals surface area contributed by atoms with Gasteiger partial charge in [-0.1, -0.05) is 146 Å². The molecule has 0 spiro atoms. The molecule has 0 atom stereocenters. The highest BCUT2D eigenvalue weighted by atomic mass is 16.4. The highest BCUT2D eigenvalue weighted by Gasteiger charge is 2.23. The average Bonchev–Trinajstić information content (AvgIpc) is 3.88. The molecular weight excluding hydrogens is 697 g/mol. The van der Waals surface area contributed by atoms with E-state index in [1.807, 2.05) is 48.5 Å². The fourth-order valence-electron chi connectivity index (χ4n) is 8.17. The normalized spacial score (nSPS) is 11.5. The van der Waals surface area contributed by atoms with Gasteiger partial charge in [-0.15, -0.1) is 0 Å². The van der Waals surface area contributed by atoms with Crippen LogP contribution in [0.3, 0.4) is 0 Å². The Labute approximate surface area is 329 Å². The second-order valence-corrected chi connectivity index (χ2v) is 14.3. The lowest BCUT2D eigenvalue weighted by molar-refractivity contribution is 0.617. The monoisotopic (exact) mass is 730 g/mol. The van der Waals surface area contributed by atoms with E-state index in [-0.39, 0.29) is 0 Å². The molecule has 0 aliphatic carbocycles. The van der Waals surface area contributed by atoms with Crippen LogP contribution in [-0.4, -0.2) is 4.98 Å². The number of rotatable bonds is 7. The largest absolute Gasteiger partial charge is 0.456 e. The predicted octanol–water partition coefficient (Wildman–Crippen LogP) is 15.0. The number of furan rings is 1. The van der Waals surface area contributed by atoms with Crippen LogP contribution < -0.4 is 4.90 Å². The average molecular weight is 731 g/mol. The van der Waals surface area contributed by atoms with Crippen molar-refractivity contribution in [1.29, 1.82) is 0 Å². The summed E-state index contributed by atoms with van der Waals surface area (Å²) in [6.45, 7) is 0. The molecule has 9 aromatic carbocycles. The first-order valence-corrected chi connectivity index (χ1v) is 19.2. The molecule has 0 N–H and O–H groups in total. The van der Waals surface area contributed by atoms with Gasteiger partial charge >= 0.3 is 0 Å². The molecule has 0 saturated carbocycles. The van der Waals surface area contributed by atoms with E-state index >= 15 is 0 Å². The molecule has 0 fully saturated rings. The summed E-state index contributed by atoms with van der Waals surface area (Å²) in [7, 11) is 0. The molecule has 11 rings (SSSR count). The number of nitrogens with zero attached hydrogens (tertiary/aromatic N) is 2. The van der Waals surface area contributed by atoms with Crippen LogP contribution in [0.2, 0.25) is 0 Å². The second kappa shape index (κ2) is 13.6. The number of hydrogen-bond acceptors (Lipinski definition) is 4. The summed E-state index contributed by atoms with van der Waals surface area (Å²) >= 11 is 0. The molecule has 11 aromatic rings. The maximum atomic E-state index is 6.45. The van der Waals surface area contributed by atoms with Crippen molar-refractivity contribution < 1.29 is 8.83 Å². The van der Waals surface area contributed by atoms with Crippen LogP contribution >= 0.6 is 0 Å². The second-order valence-electron chi connectivity index (χ2n) is 14.3. The molecule has 268 valence electrons. The van der Waals surface area contributed by atoms with E-state index < -0.39 is 0 Å². The summed E-state index contributed by atoms with van der Waals surface area (Å²) in [5.74, 6) is 0.579. The molecule has 57 heavy (non-hydrogen) atoms. The first-order chi connectivity index (χ1) is 28.2. The Morgan fingerprint density at radius 1 is 0.368 bits per heavy atom. The van der Waals surface area contributed by atoms with E-state index in [0.717, 1.165) is 66.8 Å². The summed E-state index contributed by atoms with van der Waals surface area (Å²) in [5.41, 5.74) is 13.9. The molecule has 0 bridgehead atoms. The van der Waals surface area contributed by atoms with Gasteiger partial charge in [0.25, 0.3) is 0 Å². The lowest BCUT2D eigenvalue weighted by atomic mass is 9.96. The van der Waals surface area contributed by atoms with Gasteiger partial charge in [0, 0.05) is 44.7 Å². The van der Waals surface area contributed by atoms with Crippen molar-refractivity contribution in [2.24, 2.45) is 0 Å². The molecular formula is C53H34N2O2. The maximum absolute atomic E-state index is 6.45. The van der Waals surface area contributed by atoms with Gasteiger partial charge in [0.1, 0.15) is 16.7 Å². The summed E-state index contributed by atoms with van der Waals surface area (Å²) in [6.07, 6.45) is 0. The van der Waals surface area contributed by atoms with Crippen LogP contribution in [0.1, 0.15) is 0 Å². The van der Waals surface area contributed by atoms with Crippen molar-refractivity contribution >= 4 is 60.9 Å². The quantitative estimate of drug-likeness (QED) is 0.164. The van der Waals surface area contributed by atoms with Crippen LogP contribution in [0.15, 0.2) is 215 Å². The minimum atomic E-state index is 0.579. The zero-order valence-corrected chi connectivity index (χ0v) is 30.8. The van der Waals surface area contributed by atoms with Crippen molar-refractivity contribution in [3.63, 3.8) is 0 Å². The minimum absolute atomic E-state index is 0.579. The van der Waals surface area contributed by atoms with E-state index in [2.05, 4.69) is 163 Å². The number of fused-ring (bicyclic) bond motifs is 5. The van der Waals surface area contributed by atoms with Gasteiger partial charge in [-0.3, -0.25) is 0 Å². The Morgan fingerprint density at radius 3 is 1.60 bits per heavy atom. The fraction of sp³-hybridized carbons (Fsp3) is 0. The molecule has 0 saturated heterocycles. The lowest BCUT2D eigenvalue weighted by Crippen LogP contribution is -2.10. The summed E-state index contributed by atoms with van der Waals surface area (Å²) in [4.78, 5) is 7.51. The van der Waals surface area contributed by atoms with Crippen molar-refractivity contribution in [2.45, 2.75) is 0 Å². The molecule has 4 heteroatoms. The standard InChI is InChI=1S/C53H34N2O2/c1-4-14-35(15-5-1)37-24-28-42(29-25-37)55(46-33-41(36-16-6-2-7-17-36)32-40-20-10-11-21-44(40)46)43-30-26-38(27-31-43)50-51-45-22-12-13-23-47(45)56-48(51)34-49-52(50)54-53(57-49)39-18-8-3-9-19-39/h1-34H. The van der Waals surface area contributed by atoms with Crippen LogP contribution in [0.25, 0.3) is 88.6 Å². The van der Waals surface area contributed by atoms with Gasteiger partial charge in [0.15, 0.2) is 5.58 Å². The Balaban J connectivity index is 1.11. The van der Waals surface area contributed by atoms with Crippen LogP contribution in [0.5, 0.6) is 0 Å². The fourth-order valence-corrected chi connectivity index (χ4v) is 8.17. The van der Waals surface area contributed by atoms with Crippen molar-refractivity contribution in [2.75, 3.05) is 4.90 Å². The SMILES string of the molecule is c1ccc(-c2ccc(N(c3ccc(-c4c5nc(-c6ccccc6)oc5cc5oc6ccccc6c45)cc3)c3cc(-c4ccccc4)cc4ccccc34)cc2)cc1. The number of hydrogen-bond donors (Lipinski definition) is 0. The molecule has 0 aliphatic heterocycles. The van der Waals surface area contributed by atoms with E-state index in [0.29, 0.717) is 11.5 Å². The minimum Gasteiger partial charge on any atom is -0.456 e. The van der Waals surface area contributed by atoms with Gasteiger partial charge in [0.05, 0.1) is 5.69 Å². The van der Waals surface area contributed by atoms with Gasteiger partial charge < -0.3 is 13.7 Å². The third-order valence-electron chi connectivity index (χ3n) is 10.9. The number of oxazole rings is 1. The first kappa shape index (κ1) is 32.7. The molecule has 2 heterocycles. The number of para-hydroxylation sites is 1. The molecule has 0 amide bonds. The maximum Gasteiger partial charge on any atom is 0.227 e. The predicted molar refractivity (Wildman–Crippen MR) is 235 cm³/mol. The lowest BCUT2D eigenvalue weighted by Gasteiger charge is -2.28. The van der Waals surface area contributed by atoms with E-state index in [1.54, 1.807) is 0 Å². The number of benzene rings is 9. The van der Waals surface area contributed by atoms with Gasteiger partial charge in [-0.05, 0) is 87.8 Å². The smallest absolute Gasteiger partial charge is 0.227 e. The van der Waals surface area contributed by atoms with Crippen molar-refractivity contribution in [3.8, 4) is 44.8 Å². The zero-order chi connectivity index (χ0) is 37.7. The van der Waals surface area contributed by atoms with Crippen LogP contribution in [-0.2, 0) is 0 Å². The molecule has 4 nitrogen and oxygen atoms in total. The Hall–Kier alpha value is -7.69. The van der Waals surface area contributed by atoms with E-state index in [4.69, 9.17) is 13.8 Å². The van der Waals surface area contributed by atoms with Gasteiger partial charge in [-0.2, -0.15) is 0 Å². The van der Waals surface area contributed by atoms with Crippen molar-refractivity contribution in [3.05, 3.63) is 206 Å². The molecule has 2 aromatic heterocycles. The van der Waals surface area contributed by atoms with Crippen LogP contribution in [0.4, 0.5) is 17.1 Å².